The molecule has 0 amide bonds. The molecule has 0 radical (unpaired) electrons. The van der Waals surface area contributed by atoms with Crippen LogP contribution in [0.25, 0.3) is 0 Å². The predicted octanol–water partition coefficient (Wildman–Crippen LogP) is 1.25. The van der Waals surface area contributed by atoms with Gasteiger partial charge in [0.05, 0.1) is 0 Å². The molecule has 0 saturated carbocycles. The first-order valence-corrected chi connectivity index (χ1v) is 7.51. The first-order chi connectivity index (χ1) is 12.3. The van der Waals surface area contributed by atoms with Crippen LogP contribution < -0.4 is 18.9 Å². The predicted molar refractivity (Wildman–Crippen MR) is 55.2 cm³/mol. The van der Waals surface area contributed by atoms with Gasteiger partial charge in [0, 0.05) is 0 Å². The Labute approximate surface area is 166 Å². The zero-order valence-electron chi connectivity index (χ0n) is 13.4. The Bertz CT molecular complexity index is 707. The van der Waals surface area contributed by atoms with Crippen LogP contribution in [0.2, 0.25) is 0 Å². The van der Waals surface area contributed by atoms with Crippen molar-refractivity contribution < 1.29 is 102 Å². The van der Waals surface area contributed by atoms with E-state index in [2.05, 4.69) is 0 Å². The van der Waals surface area contributed by atoms with Gasteiger partial charge in [-0.2, -0.15) is 52.7 Å². The number of halogens is 16. The van der Waals surface area contributed by atoms with Gasteiger partial charge >= 0.3 is 54.4 Å². The summed E-state index contributed by atoms with van der Waals surface area (Å²) in [4.78, 5) is 0. The Hall–Kier alpha value is -0.613. The van der Waals surface area contributed by atoms with Gasteiger partial charge < -0.3 is 4.55 Å². The third kappa shape index (κ3) is 4.33. The molecule has 0 aliphatic carbocycles. The normalized spacial score (nSPS) is 17.5. The number of hydrogen-bond acceptors (Lipinski definition) is 3. The van der Waals surface area contributed by atoms with Crippen molar-refractivity contribution in [2.75, 3.05) is 0 Å². The average molecular weight is 502 g/mol. The SMILES string of the molecule is O=S(=O)([O-])C(F)C(F)(F)C(F)(F)C(F)(F)C(F)(F)C(F)(F)C(F)(F)C(F)C(F)F.[Li+]. The van der Waals surface area contributed by atoms with Crippen molar-refractivity contribution in [1.29, 1.82) is 0 Å². The Balaban J connectivity index is 0. The third-order valence-corrected chi connectivity index (χ3v) is 3.93. The molecule has 0 aliphatic heterocycles. The summed E-state index contributed by atoms with van der Waals surface area (Å²) in [6, 6.07) is 0. The van der Waals surface area contributed by atoms with Crippen molar-refractivity contribution >= 4 is 10.1 Å². The van der Waals surface area contributed by atoms with E-state index in [0.29, 0.717) is 0 Å². The zero-order chi connectivity index (χ0) is 24.2. The summed E-state index contributed by atoms with van der Waals surface area (Å²) < 4.78 is 235. The van der Waals surface area contributed by atoms with Crippen LogP contribution in [-0.4, -0.2) is 66.6 Å². The van der Waals surface area contributed by atoms with Gasteiger partial charge in [0.25, 0.3) is 11.9 Å². The molecule has 0 spiro atoms. The fraction of sp³-hybridized carbons (Fsp3) is 1.00. The maximum Gasteiger partial charge on any atom is 1.00 e. The van der Waals surface area contributed by atoms with Crippen molar-refractivity contribution in [3.8, 4) is 0 Å². The largest absolute Gasteiger partial charge is 1.00 e. The van der Waals surface area contributed by atoms with E-state index in [1.807, 2.05) is 0 Å². The van der Waals surface area contributed by atoms with E-state index in [4.69, 9.17) is 0 Å². The minimum Gasteiger partial charge on any atom is -0.746 e. The second-order valence-electron chi connectivity index (χ2n) is 5.09. The summed E-state index contributed by atoms with van der Waals surface area (Å²) in [6.07, 6.45) is -11.0. The molecule has 0 rings (SSSR count). The van der Waals surface area contributed by atoms with Gasteiger partial charge in [-0.15, -0.1) is 0 Å². The first kappa shape index (κ1) is 31.6. The summed E-state index contributed by atoms with van der Waals surface area (Å²) >= 11 is 0. The quantitative estimate of drug-likeness (QED) is 0.271. The second-order valence-corrected chi connectivity index (χ2v) is 6.49. The maximum atomic E-state index is 13.1. The van der Waals surface area contributed by atoms with Gasteiger partial charge in [-0.05, 0) is 0 Å². The fourth-order valence-corrected chi connectivity index (χ4v) is 1.98. The molecule has 2 atom stereocenters. The molecule has 176 valence electrons. The minimum absolute atomic E-state index is 0. The Morgan fingerprint density at radius 2 is 0.833 bits per heavy atom. The first-order valence-electron chi connectivity index (χ1n) is 6.04. The molecule has 2 unspecified atom stereocenters. The van der Waals surface area contributed by atoms with E-state index in [1.54, 1.807) is 0 Å². The van der Waals surface area contributed by atoms with Gasteiger partial charge in [0.15, 0.2) is 0 Å². The number of rotatable bonds is 9. The van der Waals surface area contributed by atoms with Crippen LogP contribution in [0.5, 0.6) is 0 Å². The zero-order valence-corrected chi connectivity index (χ0v) is 14.2. The molecule has 3 nitrogen and oxygen atoms in total. The van der Waals surface area contributed by atoms with Crippen LogP contribution in [0.1, 0.15) is 0 Å². The fourth-order valence-electron chi connectivity index (χ4n) is 1.47. The molecular formula is C9H3F16LiO3S. The van der Waals surface area contributed by atoms with Crippen molar-refractivity contribution in [3.63, 3.8) is 0 Å². The van der Waals surface area contributed by atoms with E-state index in [1.165, 1.54) is 0 Å². The molecule has 0 heterocycles. The molecule has 0 saturated heterocycles. The standard InChI is InChI=1S/C9H4F16O3S.Li/c10-1(2(11)12)4(14,15)6(18,19)8(22,23)9(24,25)7(20,21)5(16,17)3(13)29(26,27)28;/h1-3H,(H,26,27,28);/q;+1/p-1. The number of hydrogen-bond donors (Lipinski definition) is 0. The van der Waals surface area contributed by atoms with E-state index >= 15 is 0 Å². The monoisotopic (exact) mass is 502 g/mol. The van der Waals surface area contributed by atoms with E-state index in [9.17, 15) is 83.2 Å². The van der Waals surface area contributed by atoms with Crippen LogP contribution in [0.15, 0.2) is 0 Å². The van der Waals surface area contributed by atoms with Crippen molar-refractivity contribution in [3.05, 3.63) is 0 Å². The van der Waals surface area contributed by atoms with Gasteiger partial charge in [-0.1, -0.05) is 0 Å². The topological polar surface area (TPSA) is 57.2 Å². The molecular weight excluding hydrogens is 499 g/mol. The molecule has 0 aromatic heterocycles. The van der Waals surface area contributed by atoms with Gasteiger partial charge in [0.2, 0.25) is 6.17 Å². The van der Waals surface area contributed by atoms with Crippen molar-refractivity contribution in [2.24, 2.45) is 0 Å². The molecule has 0 fully saturated rings. The van der Waals surface area contributed by atoms with E-state index in [0.717, 1.165) is 0 Å². The molecule has 0 aromatic rings. The number of alkyl halides is 16. The Kier molecular flexibility index (Phi) is 8.83. The second kappa shape index (κ2) is 8.39. The molecule has 0 aliphatic rings. The molecule has 0 bridgehead atoms. The van der Waals surface area contributed by atoms with E-state index in [-0.39, 0.29) is 18.9 Å². The van der Waals surface area contributed by atoms with Crippen LogP contribution in [0, 0.1) is 0 Å². The molecule has 30 heavy (non-hydrogen) atoms. The molecule has 0 N–H and O–H groups in total. The average Bonchev–Trinajstić information content (AvgIpc) is 2.51. The summed E-state index contributed by atoms with van der Waals surface area (Å²) in [5.41, 5.74) is -5.99. The van der Waals surface area contributed by atoms with Crippen molar-refractivity contribution in [1.82, 2.24) is 0 Å². The summed E-state index contributed by atoms with van der Waals surface area (Å²) in [5, 5.41) is 0. The van der Waals surface area contributed by atoms with Crippen LogP contribution >= 0.6 is 0 Å². The van der Waals surface area contributed by atoms with Gasteiger partial charge in [-0.3, -0.25) is 0 Å². The maximum absolute atomic E-state index is 13.1. The summed E-state index contributed by atoms with van der Waals surface area (Å²) in [6.45, 7) is 0. The summed E-state index contributed by atoms with van der Waals surface area (Å²) in [5.74, 6) is -49.0. The van der Waals surface area contributed by atoms with Crippen molar-refractivity contribution in [2.45, 2.75) is 53.6 Å². The summed E-state index contributed by atoms with van der Waals surface area (Å²) in [7, 11) is -7.36. The van der Waals surface area contributed by atoms with Gasteiger partial charge in [0.1, 0.15) is 10.1 Å². The van der Waals surface area contributed by atoms with Gasteiger partial charge in [-0.25, -0.2) is 26.0 Å². The van der Waals surface area contributed by atoms with E-state index < -0.39 is 63.8 Å². The smallest absolute Gasteiger partial charge is 0.746 e. The van der Waals surface area contributed by atoms with Crippen LogP contribution in [0.3, 0.4) is 0 Å². The van der Waals surface area contributed by atoms with Crippen LogP contribution in [-0.2, 0) is 10.1 Å². The minimum atomic E-state index is -8.56. The van der Waals surface area contributed by atoms with Crippen LogP contribution in [0.4, 0.5) is 70.2 Å². The Morgan fingerprint density at radius 3 is 1.07 bits per heavy atom. The Morgan fingerprint density at radius 1 is 0.567 bits per heavy atom. The molecule has 21 heteroatoms. The molecule has 0 aromatic carbocycles. The third-order valence-electron chi connectivity index (χ3n) is 3.13.